The van der Waals surface area contributed by atoms with Crippen molar-refractivity contribution in [2.24, 2.45) is 5.10 Å². The van der Waals surface area contributed by atoms with Gasteiger partial charge in [-0.1, -0.05) is 36.4 Å². The Labute approximate surface area is 139 Å². The third-order valence-electron chi connectivity index (χ3n) is 4.02. The monoisotopic (exact) mass is 323 g/mol. The zero-order valence-electron chi connectivity index (χ0n) is 13.1. The molecule has 24 heavy (non-hydrogen) atoms. The largest absolute Gasteiger partial charge is 0.273 e. The van der Waals surface area contributed by atoms with E-state index in [2.05, 4.69) is 16.6 Å². The van der Waals surface area contributed by atoms with Gasteiger partial charge in [-0.3, -0.25) is 14.9 Å². The molecule has 0 heterocycles. The van der Waals surface area contributed by atoms with Crippen molar-refractivity contribution in [2.45, 2.75) is 25.7 Å². The maximum absolute atomic E-state index is 12.0. The van der Waals surface area contributed by atoms with Crippen LogP contribution in [0.4, 0.5) is 5.69 Å². The van der Waals surface area contributed by atoms with E-state index in [0.29, 0.717) is 5.56 Å². The van der Waals surface area contributed by atoms with Crippen LogP contribution in [0.2, 0.25) is 0 Å². The van der Waals surface area contributed by atoms with Crippen LogP contribution < -0.4 is 5.43 Å². The van der Waals surface area contributed by atoms with Crippen LogP contribution in [-0.2, 0) is 17.6 Å². The molecule has 0 saturated heterocycles. The maximum Gasteiger partial charge on any atom is 0.269 e. The van der Waals surface area contributed by atoms with E-state index in [1.54, 1.807) is 12.1 Å². The minimum absolute atomic E-state index is 0.0122. The van der Waals surface area contributed by atoms with Gasteiger partial charge >= 0.3 is 0 Å². The van der Waals surface area contributed by atoms with Gasteiger partial charge in [0, 0.05) is 17.7 Å². The molecule has 1 amide bonds. The second kappa shape index (κ2) is 7.04. The molecule has 0 saturated carbocycles. The smallest absolute Gasteiger partial charge is 0.269 e. The molecule has 6 nitrogen and oxygen atoms in total. The molecule has 1 aliphatic carbocycles. The molecule has 2 aromatic rings. The molecule has 0 aromatic heterocycles. The molecule has 3 rings (SSSR count). The normalized spacial score (nSPS) is 14.9. The first kappa shape index (κ1) is 15.9. The number of fused-ring (bicyclic) bond motifs is 1. The molecular weight excluding hydrogens is 306 g/mol. The maximum atomic E-state index is 12.0. The summed E-state index contributed by atoms with van der Waals surface area (Å²) in [4.78, 5) is 22.2. The standard InChI is InChI=1S/C18H17N3O3/c22-18(12-13-8-10-15(11-9-13)21(23)24)20-19-17-7-3-5-14-4-1-2-6-16(14)17/h1-2,4,6,8-11H,3,5,7,12H2,(H,20,22). The molecule has 0 bridgehead atoms. The molecule has 0 spiro atoms. The van der Waals surface area contributed by atoms with Gasteiger partial charge in [-0.2, -0.15) is 5.10 Å². The first-order chi connectivity index (χ1) is 11.6. The number of hydrazone groups is 1. The van der Waals surface area contributed by atoms with E-state index >= 15 is 0 Å². The van der Waals surface area contributed by atoms with Crippen molar-refractivity contribution in [3.8, 4) is 0 Å². The van der Waals surface area contributed by atoms with Gasteiger partial charge in [0.15, 0.2) is 0 Å². The van der Waals surface area contributed by atoms with Gasteiger partial charge in [-0.05, 0) is 30.4 Å². The lowest BCUT2D eigenvalue weighted by Gasteiger charge is -2.17. The van der Waals surface area contributed by atoms with Crippen LogP contribution in [0.5, 0.6) is 0 Å². The number of hydrogen-bond acceptors (Lipinski definition) is 4. The van der Waals surface area contributed by atoms with E-state index in [1.165, 1.54) is 17.7 Å². The summed E-state index contributed by atoms with van der Waals surface area (Å²) in [7, 11) is 0. The topological polar surface area (TPSA) is 84.6 Å². The van der Waals surface area contributed by atoms with Gasteiger partial charge in [0.1, 0.15) is 0 Å². The average molecular weight is 323 g/mol. The molecule has 0 unspecified atom stereocenters. The Bertz CT molecular complexity index is 797. The molecule has 0 atom stereocenters. The number of nitrogens with zero attached hydrogens (tertiary/aromatic N) is 2. The van der Waals surface area contributed by atoms with Crippen molar-refractivity contribution in [1.82, 2.24) is 5.43 Å². The number of carbonyl (C=O) groups is 1. The average Bonchev–Trinajstić information content (AvgIpc) is 2.60. The molecule has 0 fully saturated rings. The number of nitro benzene ring substituents is 1. The number of hydrogen-bond donors (Lipinski definition) is 1. The van der Waals surface area contributed by atoms with Crippen molar-refractivity contribution in [3.05, 3.63) is 75.3 Å². The van der Waals surface area contributed by atoms with E-state index < -0.39 is 4.92 Å². The predicted octanol–water partition coefficient (Wildman–Crippen LogP) is 2.99. The highest BCUT2D eigenvalue weighted by Gasteiger charge is 2.15. The summed E-state index contributed by atoms with van der Waals surface area (Å²) in [5.74, 6) is -0.237. The van der Waals surface area contributed by atoms with Crippen LogP contribution in [0.15, 0.2) is 53.6 Å². The number of non-ortho nitro benzene ring substituents is 1. The third-order valence-corrected chi connectivity index (χ3v) is 4.02. The Balaban J connectivity index is 1.64. The Morgan fingerprint density at radius 3 is 2.62 bits per heavy atom. The summed E-state index contributed by atoms with van der Waals surface area (Å²) in [5, 5.41) is 14.9. The molecule has 6 heteroatoms. The fourth-order valence-corrected chi connectivity index (χ4v) is 2.81. The summed E-state index contributed by atoms with van der Waals surface area (Å²) in [5.41, 5.74) is 6.57. The van der Waals surface area contributed by atoms with Crippen molar-refractivity contribution < 1.29 is 9.72 Å². The zero-order chi connectivity index (χ0) is 16.9. The minimum atomic E-state index is -0.462. The van der Waals surface area contributed by atoms with Gasteiger partial charge in [-0.25, -0.2) is 5.43 Å². The number of nitro groups is 1. The molecule has 1 aliphatic rings. The molecular formula is C18H17N3O3. The van der Waals surface area contributed by atoms with E-state index in [-0.39, 0.29) is 18.0 Å². The molecule has 0 aliphatic heterocycles. The second-order valence-electron chi connectivity index (χ2n) is 5.70. The quantitative estimate of drug-likeness (QED) is 0.693. The lowest BCUT2D eigenvalue weighted by atomic mass is 9.90. The highest BCUT2D eigenvalue weighted by Crippen LogP contribution is 2.21. The Hall–Kier alpha value is -3.02. The van der Waals surface area contributed by atoms with Crippen molar-refractivity contribution in [1.29, 1.82) is 0 Å². The van der Waals surface area contributed by atoms with Crippen LogP contribution in [0.1, 0.15) is 29.5 Å². The number of benzene rings is 2. The lowest BCUT2D eigenvalue weighted by Crippen LogP contribution is -2.23. The van der Waals surface area contributed by atoms with Crippen LogP contribution >= 0.6 is 0 Å². The van der Waals surface area contributed by atoms with E-state index in [9.17, 15) is 14.9 Å². The van der Waals surface area contributed by atoms with Gasteiger partial charge in [-0.15, -0.1) is 0 Å². The van der Waals surface area contributed by atoms with Crippen LogP contribution in [0.3, 0.4) is 0 Å². The number of amides is 1. The van der Waals surface area contributed by atoms with Crippen LogP contribution in [0.25, 0.3) is 0 Å². The zero-order valence-corrected chi connectivity index (χ0v) is 13.1. The SMILES string of the molecule is O=C(Cc1ccc([N+](=O)[O-])cc1)NN=C1CCCc2ccccc21. The number of aryl methyl sites for hydroxylation is 1. The van der Waals surface area contributed by atoms with Gasteiger partial charge in [0.05, 0.1) is 17.1 Å². The van der Waals surface area contributed by atoms with E-state index in [1.807, 2.05) is 18.2 Å². The number of rotatable bonds is 4. The van der Waals surface area contributed by atoms with Crippen molar-refractivity contribution in [2.75, 3.05) is 0 Å². The Kier molecular flexibility index (Phi) is 4.65. The summed E-state index contributed by atoms with van der Waals surface area (Å²) in [6, 6.07) is 14.0. The lowest BCUT2D eigenvalue weighted by molar-refractivity contribution is -0.384. The van der Waals surface area contributed by atoms with Crippen LogP contribution in [-0.4, -0.2) is 16.5 Å². The molecule has 2 aromatic carbocycles. The highest BCUT2D eigenvalue weighted by molar-refractivity contribution is 6.03. The first-order valence-electron chi connectivity index (χ1n) is 7.80. The van der Waals surface area contributed by atoms with E-state index in [0.717, 1.165) is 30.5 Å². The summed E-state index contributed by atoms with van der Waals surface area (Å²) < 4.78 is 0. The molecule has 122 valence electrons. The first-order valence-corrected chi connectivity index (χ1v) is 7.80. The van der Waals surface area contributed by atoms with Gasteiger partial charge < -0.3 is 0 Å². The summed E-state index contributed by atoms with van der Waals surface area (Å²) in [6.07, 6.45) is 3.03. The highest BCUT2D eigenvalue weighted by atomic mass is 16.6. The fraction of sp³-hybridized carbons (Fsp3) is 0.222. The minimum Gasteiger partial charge on any atom is -0.273 e. The van der Waals surface area contributed by atoms with Crippen molar-refractivity contribution >= 4 is 17.3 Å². The second-order valence-corrected chi connectivity index (χ2v) is 5.70. The predicted molar refractivity (Wildman–Crippen MR) is 90.9 cm³/mol. The number of carbonyl (C=O) groups excluding carboxylic acids is 1. The molecule has 0 radical (unpaired) electrons. The summed E-state index contributed by atoms with van der Waals surface area (Å²) >= 11 is 0. The summed E-state index contributed by atoms with van der Waals surface area (Å²) in [6.45, 7) is 0. The Morgan fingerprint density at radius 2 is 1.88 bits per heavy atom. The van der Waals surface area contributed by atoms with Gasteiger partial charge in [0.2, 0.25) is 5.91 Å². The van der Waals surface area contributed by atoms with Crippen molar-refractivity contribution in [3.63, 3.8) is 0 Å². The van der Waals surface area contributed by atoms with Crippen LogP contribution in [0, 0.1) is 10.1 Å². The molecule has 1 N–H and O–H groups in total. The Morgan fingerprint density at radius 1 is 1.12 bits per heavy atom. The number of nitrogens with one attached hydrogen (secondary N) is 1. The third kappa shape index (κ3) is 3.65. The van der Waals surface area contributed by atoms with Gasteiger partial charge in [0.25, 0.3) is 5.69 Å². The fourth-order valence-electron chi connectivity index (χ4n) is 2.81. The van der Waals surface area contributed by atoms with E-state index in [4.69, 9.17) is 0 Å².